The Morgan fingerprint density at radius 3 is 2.33 bits per heavy atom. The second kappa shape index (κ2) is 10.6. The molecule has 1 amide bonds. The fraction of sp³-hybridized carbons (Fsp3) is 0.344. The number of carbonyl (C=O) groups is 1. The van der Waals surface area contributed by atoms with Crippen LogP contribution in [0.3, 0.4) is 0 Å². The minimum Gasteiger partial charge on any atom is -0.491 e. The summed E-state index contributed by atoms with van der Waals surface area (Å²) in [5.74, 6) is 1.29. The lowest BCUT2D eigenvalue weighted by Gasteiger charge is -2.16. The molecule has 0 radical (unpaired) electrons. The Balaban J connectivity index is 1.57. The van der Waals surface area contributed by atoms with Crippen LogP contribution in [-0.2, 0) is 6.54 Å². The van der Waals surface area contributed by atoms with Crippen molar-refractivity contribution in [2.45, 2.75) is 73.1 Å². The van der Waals surface area contributed by atoms with Gasteiger partial charge in [-0.15, -0.1) is 0 Å². The number of aromatic nitrogens is 1. The van der Waals surface area contributed by atoms with E-state index in [2.05, 4.69) is 80.0 Å². The van der Waals surface area contributed by atoms with E-state index in [1.807, 2.05) is 45.0 Å². The van der Waals surface area contributed by atoms with Crippen molar-refractivity contribution in [3.63, 3.8) is 0 Å². The predicted octanol–water partition coefficient (Wildman–Crippen LogP) is 7.71. The molecule has 4 aromatic rings. The predicted molar refractivity (Wildman–Crippen MR) is 149 cm³/mol. The highest BCUT2D eigenvalue weighted by molar-refractivity contribution is 5.99. The van der Waals surface area contributed by atoms with E-state index in [4.69, 9.17) is 4.74 Å². The Bertz CT molecular complexity index is 1380. The number of hydrogen-bond donors (Lipinski definition) is 1. The topological polar surface area (TPSA) is 43.3 Å². The molecule has 1 heterocycles. The minimum absolute atomic E-state index is 0.0531. The highest BCUT2D eigenvalue weighted by Crippen LogP contribution is 2.28. The molecule has 1 N–H and O–H groups in total. The van der Waals surface area contributed by atoms with E-state index in [1.165, 1.54) is 22.4 Å². The number of nitrogens with one attached hydrogen (secondary N) is 1. The summed E-state index contributed by atoms with van der Waals surface area (Å²) in [4.78, 5) is 13.2. The first-order valence-corrected chi connectivity index (χ1v) is 12.9. The number of aryl methyl sites for hydroxylation is 1. The average molecular weight is 483 g/mol. The Morgan fingerprint density at radius 2 is 1.61 bits per heavy atom. The van der Waals surface area contributed by atoms with Gasteiger partial charge >= 0.3 is 0 Å². The van der Waals surface area contributed by atoms with Crippen LogP contribution in [0.25, 0.3) is 10.9 Å². The van der Waals surface area contributed by atoms with Gasteiger partial charge < -0.3 is 14.6 Å². The van der Waals surface area contributed by atoms with Crippen LogP contribution in [0, 0.1) is 13.8 Å². The van der Waals surface area contributed by atoms with E-state index in [1.54, 1.807) is 0 Å². The fourth-order valence-electron chi connectivity index (χ4n) is 4.72. The van der Waals surface area contributed by atoms with Crippen LogP contribution in [0.4, 0.5) is 0 Å². The van der Waals surface area contributed by atoms with Crippen molar-refractivity contribution in [2.24, 2.45) is 0 Å². The van der Waals surface area contributed by atoms with Gasteiger partial charge in [-0.25, -0.2) is 0 Å². The van der Waals surface area contributed by atoms with Gasteiger partial charge in [-0.1, -0.05) is 50.2 Å². The summed E-state index contributed by atoms with van der Waals surface area (Å²) in [6.45, 7) is 15.5. The average Bonchev–Trinajstić information content (AvgIpc) is 3.08. The lowest BCUT2D eigenvalue weighted by molar-refractivity contribution is 0.0940. The number of benzene rings is 3. The second-order valence-electron chi connectivity index (χ2n) is 10.4. The number of amides is 1. The number of ether oxygens (including phenoxy) is 1. The van der Waals surface area contributed by atoms with Gasteiger partial charge in [0.25, 0.3) is 5.91 Å². The Hall–Kier alpha value is -3.53. The summed E-state index contributed by atoms with van der Waals surface area (Å²) in [5, 5.41) is 4.30. The van der Waals surface area contributed by atoms with Gasteiger partial charge in [-0.05, 0) is 93.1 Å². The van der Waals surface area contributed by atoms with E-state index in [0.29, 0.717) is 11.5 Å². The quantitative estimate of drug-likeness (QED) is 0.279. The summed E-state index contributed by atoms with van der Waals surface area (Å²) in [6.07, 6.45) is 0.142. The second-order valence-corrected chi connectivity index (χ2v) is 10.4. The van der Waals surface area contributed by atoms with Crippen molar-refractivity contribution in [2.75, 3.05) is 0 Å². The van der Waals surface area contributed by atoms with E-state index in [0.717, 1.165) is 28.8 Å². The summed E-state index contributed by atoms with van der Waals surface area (Å²) >= 11 is 0. The van der Waals surface area contributed by atoms with Gasteiger partial charge in [-0.2, -0.15) is 0 Å². The zero-order valence-electron chi connectivity index (χ0n) is 22.6. The third-order valence-electron chi connectivity index (χ3n) is 6.94. The molecule has 0 bridgehead atoms. The van der Waals surface area contributed by atoms with Crippen molar-refractivity contribution in [1.29, 1.82) is 0 Å². The molecule has 4 rings (SSSR count). The van der Waals surface area contributed by atoms with Crippen molar-refractivity contribution in [3.05, 3.63) is 100 Å². The van der Waals surface area contributed by atoms with Crippen LogP contribution in [0.15, 0.2) is 66.7 Å². The van der Waals surface area contributed by atoms with E-state index >= 15 is 0 Å². The zero-order chi connectivity index (χ0) is 26.0. The normalized spacial score (nSPS) is 12.4. The van der Waals surface area contributed by atoms with Gasteiger partial charge in [0, 0.05) is 28.7 Å². The minimum atomic E-state index is -0.0698. The largest absolute Gasteiger partial charge is 0.491 e. The Kier molecular flexibility index (Phi) is 7.53. The molecular weight excluding hydrogens is 444 g/mol. The third kappa shape index (κ3) is 5.48. The molecule has 4 nitrogen and oxygen atoms in total. The summed E-state index contributed by atoms with van der Waals surface area (Å²) in [7, 11) is 0. The maximum absolute atomic E-state index is 13.2. The first-order chi connectivity index (χ1) is 17.1. The Labute approximate surface area is 215 Å². The number of carbonyl (C=O) groups excluding carboxylic acids is 1. The number of hydrogen-bond acceptors (Lipinski definition) is 2. The Morgan fingerprint density at radius 1 is 0.889 bits per heavy atom. The van der Waals surface area contributed by atoms with Crippen LogP contribution >= 0.6 is 0 Å². The molecule has 0 fully saturated rings. The smallest absolute Gasteiger partial charge is 0.251 e. The van der Waals surface area contributed by atoms with Crippen LogP contribution < -0.4 is 10.1 Å². The van der Waals surface area contributed by atoms with E-state index < -0.39 is 0 Å². The van der Waals surface area contributed by atoms with Crippen LogP contribution in [0.2, 0.25) is 0 Å². The van der Waals surface area contributed by atoms with E-state index in [-0.39, 0.29) is 18.1 Å². The maximum Gasteiger partial charge on any atom is 0.251 e. The molecule has 1 aromatic heterocycles. The summed E-state index contributed by atoms with van der Waals surface area (Å²) in [5.41, 5.74) is 7.81. The highest BCUT2D eigenvalue weighted by atomic mass is 16.5. The number of nitrogens with zero attached hydrogens (tertiary/aromatic N) is 1. The first kappa shape index (κ1) is 25.6. The van der Waals surface area contributed by atoms with Gasteiger partial charge in [0.05, 0.1) is 12.1 Å². The lowest BCUT2D eigenvalue weighted by atomic mass is 9.98. The standard InChI is InChI=1S/C32H38N2O2/c1-20(2)26-11-9-12-27(17-26)23(6)33-32(35)28-14-15-31-30(18-28)22(5)24(7)34(31)19-25-10-8-13-29(16-25)36-21(3)4/h8-18,20-21,23H,19H2,1-7H3,(H,33,35)/t23-/m0/s1. The van der Waals surface area contributed by atoms with Crippen LogP contribution in [0.5, 0.6) is 5.75 Å². The van der Waals surface area contributed by atoms with E-state index in [9.17, 15) is 4.79 Å². The molecule has 0 aliphatic carbocycles. The zero-order valence-corrected chi connectivity index (χ0v) is 22.6. The van der Waals surface area contributed by atoms with Crippen LogP contribution in [-0.4, -0.2) is 16.6 Å². The van der Waals surface area contributed by atoms with Gasteiger partial charge in [-0.3, -0.25) is 4.79 Å². The van der Waals surface area contributed by atoms with Gasteiger partial charge in [0.2, 0.25) is 0 Å². The number of fused-ring (bicyclic) bond motifs is 1. The summed E-state index contributed by atoms with van der Waals surface area (Å²) < 4.78 is 8.21. The molecule has 0 unspecified atom stereocenters. The lowest BCUT2D eigenvalue weighted by Crippen LogP contribution is -2.26. The molecule has 36 heavy (non-hydrogen) atoms. The van der Waals surface area contributed by atoms with Crippen LogP contribution in [0.1, 0.15) is 84.9 Å². The first-order valence-electron chi connectivity index (χ1n) is 12.9. The van der Waals surface area contributed by atoms with Gasteiger partial charge in [0.1, 0.15) is 5.75 Å². The van der Waals surface area contributed by atoms with Crippen molar-refractivity contribution >= 4 is 16.8 Å². The monoisotopic (exact) mass is 482 g/mol. The molecule has 0 spiro atoms. The molecule has 3 aromatic carbocycles. The molecule has 0 saturated carbocycles. The molecule has 1 atom stereocenters. The summed E-state index contributed by atoms with van der Waals surface area (Å²) in [6, 6.07) is 22.7. The molecule has 0 aliphatic heterocycles. The number of rotatable bonds is 8. The fourth-order valence-corrected chi connectivity index (χ4v) is 4.72. The highest BCUT2D eigenvalue weighted by Gasteiger charge is 2.17. The van der Waals surface area contributed by atoms with Crippen molar-refractivity contribution in [3.8, 4) is 5.75 Å². The molecule has 0 saturated heterocycles. The SMILES string of the molecule is Cc1c(C)n(Cc2cccc(OC(C)C)c2)c2ccc(C(=O)N[C@@H](C)c3cccc(C(C)C)c3)cc12. The molecule has 4 heteroatoms. The third-order valence-corrected chi connectivity index (χ3v) is 6.94. The van der Waals surface area contributed by atoms with Crippen molar-refractivity contribution in [1.82, 2.24) is 9.88 Å². The molecule has 188 valence electrons. The molecular formula is C32H38N2O2. The van der Waals surface area contributed by atoms with Crippen molar-refractivity contribution < 1.29 is 9.53 Å². The molecule has 0 aliphatic rings. The maximum atomic E-state index is 13.2. The van der Waals surface area contributed by atoms with Gasteiger partial charge in [0.15, 0.2) is 0 Å².